The lowest BCUT2D eigenvalue weighted by atomic mass is 9.99. The van der Waals surface area contributed by atoms with Crippen LogP contribution in [0, 0.1) is 13.8 Å². The van der Waals surface area contributed by atoms with Crippen molar-refractivity contribution in [2.24, 2.45) is 7.05 Å². The van der Waals surface area contributed by atoms with Gasteiger partial charge in [0.05, 0.1) is 11.7 Å². The smallest absolute Gasteiger partial charge is 0.183 e. The van der Waals surface area contributed by atoms with Crippen molar-refractivity contribution in [3.63, 3.8) is 0 Å². The van der Waals surface area contributed by atoms with Crippen LogP contribution in [0.3, 0.4) is 0 Å². The van der Waals surface area contributed by atoms with Gasteiger partial charge in [-0.1, -0.05) is 38.1 Å². The van der Waals surface area contributed by atoms with E-state index in [1.54, 1.807) is 12.4 Å². The Morgan fingerprint density at radius 1 is 0.969 bits per heavy atom. The molecule has 0 bridgehead atoms. The van der Waals surface area contributed by atoms with Crippen molar-refractivity contribution in [3.05, 3.63) is 81.1 Å². The molecule has 4 rings (SSSR count). The molecule has 0 N–H and O–H groups in total. The highest BCUT2D eigenvalue weighted by atomic mass is 79.9. The number of hydrogen-bond donors (Lipinski definition) is 0. The molecule has 32 heavy (non-hydrogen) atoms. The molecular formula is C25H29BrN6. The van der Waals surface area contributed by atoms with Crippen molar-refractivity contribution in [1.82, 2.24) is 29.5 Å². The van der Waals surface area contributed by atoms with Gasteiger partial charge in [0.25, 0.3) is 0 Å². The van der Waals surface area contributed by atoms with E-state index in [9.17, 15) is 0 Å². The topological polar surface area (TPSA) is 61.4 Å². The quantitative estimate of drug-likeness (QED) is 0.342. The van der Waals surface area contributed by atoms with E-state index in [0.717, 1.165) is 27.2 Å². The summed E-state index contributed by atoms with van der Waals surface area (Å²) in [5.41, 5.74) is 6.81. The van der Waals surface area contributed by atoms with Gasteiger partial charge in [-0.3, -0.25) is 9.67 Å². The molecule has 0 saturated heterocycles. The first-order chi connectivity index (χ1) is 15.2. The van der Waals surface area contributed by atoms with Crippen LogP contribution in [0.4, 0.5) is 0 Å². The van der Waals surface area contributed by atoms with E-state index < -0.39 is 0 Å². The van der Waals surface area contributed by atoms with E-state index in [4.69, 9.17) is 10.1 Å². The van der Waals surface area contributed by atoms with Crippen molar-refractivity contribution in [3.8, 4) is 11.4 Å². The molecule has 0 fully saturated rings. The van der Waals surface area contributed by atoms with Gasteiger partial charge in [0.15, 0.2) is 5.82 Å². The van der Waals surface area contributed by atoms with E-state index in [0.29, 0.717) is 18.2 Å². The van der Waals surface area contributed by atoms with Crippen LogP contribution in [0.2, 0.25) is 0 Å². The van der Waals surface area contributed by atoms with E-state index in [-0.39, 0.29) is 6.04 Å². The van der Waals surface area contributed by atoms with Crippen molar-refractivity contribution >= 4 is 15.9 Å². The Morgan fingerprint density at radius 3 is 2.25 bits per heavy atom. The molecule has 1 aromatic carbocycles. The maximum Gasteiger partial charge on any atom is 0.183 e. The zero-order valence-corrected chi connectivity index (χ0v) is 21.1. The molecule has 0 spiro atoms. The summed E-state index contributed by atoms with van der Waals surface area (Å²) in [5, 5.41) is 9.52. The number of rotatable bonds is 6. The molecule has 1 unspecified atom stereocenters. The molecule has 0 aliphatic heterocycles. The van der Waals surface area contributed by atoms with E-state index in [2.05, 4.69) is 84.9 Å². The van der Waals surface area contributed by atoms with Crippen LogP contribution < -0.4 is 0 Å². The van der Waals surface area contributed by atoms with Crippen molar-refractivity contribution in [2.75, 3.05) is 0 Å². The van der Waals surface area contributed by atoms with Crippen LogP contribution in [0.5, 0.6) is 0 Å². The molecule has 0 aliphatic carbocycles. The number of nitrogens with zero attached hydrogens (tertiary/aromatic N) is 6. The second-order valence-electron chi connectivity index (χ2n) is 8.64. The molecule has 3 aromatic heterocycles. The largest absolute Gasteiger partial charge is 0.272 e. The molecule has 3 heterocycles. The highest BCUT2D eigenvalue weighted by molar-refractivity contribution is 9.10. The molecule has 7 heteroatoms. The monoisotopic (exact) mass is 492 g/mol. The molecule has 1 atom stereocenters. The third-order valence-corrected chi connectivity index (χ3v) is 6.54. The normalized spacial score (nSPS) is 12.5. The fraction of sp³-hybridized carbons (Fsp3) is 0.360. The Bertz CT molecular complexity index is 1240. The van der Waals surface area contributed by atoms with E-state index in [1.165, 1.54) is 16.7 Å². The van der Waals surface area contributed by atoms with Gasteiger partial charge in [-0.15, -0.1) is 0 Å². The van der Waals surface area contributed by atoms with Gasteiger partial charge < -0.3 is 0 Å². The Morgan fingerprint density at radius 2 is 1.66 bits per heavy atom. The number of halogens is 1. The SMILES string of the molecule is Cc1nn(C)c(C)c1Cc1nc(-c2cncc(Br)c2)nn1C(C)c1ccc(C(C)C)cc1. The van der Waals surface area contributed by atoms with Gasteiger partial charge in [0.2, 0.25) is 0 Å². The van der Waals surface area contributed by atoms with E-state index >= 15 is 0 Å². The zero-order valence-electron chi connectivity index (χ0n) is 19.5. The molecule has 0 aliphatic rings. The number of benzene rings is 1. The van der Waals surface area contributed by atoms with Gasteiger partial charge >= 0.3 is 0 Å². The summed E-state index contributed by atoms with van der Waals surface area (Å²) in [6.45, 7) is 10.8. The molecule has 4 aromatic rings. The fourth-order valence-electron chi connectivity index (χ4n) is 3.97. The summed E-state index contributed by atoms with van der Waals surface area (Å²) >= 11 is 3.51. The lowest BCUT2D eigenvalue weighted by Crippen LogP contribution is -2.13. The van der Waals surface area contributed by atoms with Crippen LogP contribution in [0.15, 0.2) is 47.2 Å². The van der Waals surface area contributed by atoms with Gasteiger partial charge in [-0.25, -0.2) is 9.67 Å². The number of hydrogen-bond acceptors (Lipinski definition) is 4. The Hall–Kier alpha value is -2.80. The van der Waals surface area contributed by atoms with Gasteiger partial charge in [0.1, 0.15) is 5.82 Å². The molecule has 0 saturated carbocycles. The van der Waals surface area contributed by atoms with E-state index in [1.807, 2.05) is 22.5 Å². The number of aryl methyl sites for hydroxylation is 2. The van der Waals surface area contributed by atoms with Gasteiger partial charge in [-0.2, -0.15) is 10.2 Å². The minimum Gasteiger partial charge on any atom is -0.272 e. The maximum absolute atomic E-state index is 4.95. The summed E-state index contributed by atoms with van der Waals surface area (Å²) < 4.78 is 4.88. The predicted octanol–water partition coefficient (Wildman–Crippen LogP) is 5.78. The summed E-state index contributed by atoms with van der Waals surface area (Å²) in [6.07, 6.45) is 4.24. The lowest BCUT2D eigenvalue weighted by molar-refractivity contribution is 0.540. The average Bonchev–Trinajstić information content (AvgIpc) is 3.30. The minimum absolute atomic E-state index is 0.0462. The fourth-order valence-corrected chi connectivity index (χ4v) is 4.34. The molecule has 6 nitrogen and oxygen atoms in total. The first-order valence-electron chi connectivity index (χ1n) is 10.9. The van der Waals surface area contributed by atoms with Crippen molar-refractivity contribution in [2.45, 2.75) is 53.0 Å². The average molecular weight is 493 g/mol. The van der Waals surface area contributed by atoms with Crippen LogP contribution in [-0.2, 0) is 13.5 Å². The molecular weight excluding hydrogens is 464 g/mol. The molecule has 0 radical (unpaired) electrons. The first-order valence-corrected chi connectivity index (χ1v) is 11.7. The second kappa shape index (κ2) is 8.98. The van der Waals surface area contributed by atoms with Crippen molar-refractivity contribution in [1.29, 1.82) is 0 Å². The second-order valence-corrected chi connectivity index (χ2v) is 9.55. The lowest BCUT2D eigenvalue weighted by Gasteiger charge is -2.16. The van der Waals surface area contributed by atoms with Crippen LogP contribution in [0.25, 0.3) is 11.4 Å². The molecule has 166 valence electrons. The standard InChI is InChI=1S/C25H29BrN6/c1-15(2)19-7-9-20(10-8-19)17(4)32-24(12-23-16(3)29-31(6)18(23)5)28-25(30-32)21-11-22(26)14-27-13-21/h7-11,13-15,17H,12H2,1-6H3. The minimum atomic E-state index is 0.0462. The number of aromatic nitrogens is 6. The predicted molar refractivity (Wildman–Crippen MR) is 131 cm³/mol. The van der Waals surface area contributed by atoms with Crippen LogP contribution in [0.1, 0.15) is 66.6 Å². The van der Waals surface area contributed by atoms with Gasteiger partial charge in [0, 0.05) is 47.2 Å². The van der Waals surface area contributed by atoms with Crippen LogP contribution >= 0.6 is 15.9 Å². The molecule has 0 amide bonds. The summed E-state index contributed by atoms with van der Waals surface area (Å²) in [5.74, 6) is 2.10. The summed E-state index contributed by atoms with van der Waals surface area (Å²) in [4.78, 5) is 9.25. The Balaban J connectivity index is 1.78. The highest BCUT2D eigenvalue weighted by Gasteiger charge is 2.21. The third kappa shape index (κ3) is 4.39. The Labute approximate surface area is 197 Å². The zero-order chi connectivity index (χ0) is 23.0. The van der Waals surface area contributed by atoms with Gasteiger partial charge in [-0.05, 0) is 59.8 Å². The summed E-state index contributed by atoms with van der Waals surface area (Å²) in [7, 11) is 1.98. The van der Waals surface area contributed by atoms with Crippen LogP contribution in [-0.4, -0.2) is 29.5 Å². The Kier molecular flexibility index (Phi) is 6.29. The number of pyridine rings is 1. The highest BCUT2D eigenvalue weighted by Crippen LogP contribution is 2.27. The van der Waals surface area contributed by atoms with Crippen molar-refractivity contribution < 1.29 is 0 Å². The summed E-state index contributed by atoms with van der Waals surface area (Å²) in [6, 6.07) is 10.9. The first kappa shape index (κ1) is 22.4. The maximum atomic E-state index is 4.95. The third-order valence-electron chi connectivity index (χ3n) is 6.11.